The van der Waals surface area contributed by atoms with Crippen molar-refractivity contribution in [2.75, 3.05) is 18.1 Å². The lowest BCUT2D eigenvalue weighted by Crippen LogP contribution is -2.40. The number of halogens is 3. The Balaban J connectivity index is 1.88. The summed E-state index contributed by atoms with van der Waals surface area (Å²) in [5.74, 6) is 0.496. The summed E-state index contributed by atoms with van der Waals surface area (Å²) in [6.07, 6.45) is 2.39. The van der Waals surface area contributed by atoms with Gasteiger partial charge in [0.1, 0.15) is 0 Å². The highest BCUT2D eigenvalue weighted by molar-refractivity contribution is 6.35. The van der Waals surface area contributed by atoms with Crippen LogP contribution in [-0.2, 0) is 4.74 Å². The number of hydrogen-bond acceptors (Lipinski definition) is 2. The molecule has 1 saturated heterocycles. The summed E-state index contributed by atoms with van der Waals surface area (Å²) in [5.41, 5.74) is 2.27. The van der Waals surface area contributed by atoms with E-state index >= 15 is 0 Å². The number of ether oxygens (including phenoxy) is 1. The Labute approximate surface area is 171 Å². The largest absolute Gasteiger partial charge is 0.378 e. The van der Waals surface area contributed by atoms with Gasteiger partial charge in [-0.3, -0.25) is 0 Å². The first-order valence-electron chi connectivity index (χ1n) is 9.03. The first kappa shape index (κ1) is 19.8. The molecule has 0 aliphatic carbocycles. The molecule has 0 N–H and O–H groups in total. The smallest absolute Gasteiger partial charge is 0.0557 e. The summed E-state index contributed by atoms with van der Waals surface area (Å²) < 4.78 is 5.87. The molecule has 1 heterocycles. The highest BCUT2D eigenvalue weighted by Gasteiger charge is 2.31. The summed E-state index contributed by atoms with van der Waals surface area (Å²) in [6.45, 7) is 5.87. The zero-order chi connectivity index (χ0) is 18.7. The second kappa shape index (κ2) is 8.84. The molecule has 1 fully saturated rings. The minimum absolute atomic E-state index is 0.219. The first-order chi connectivity index (χ1) is 12.4. The van der Waals surface area contributed by atoms with Crippen LogP contribution in [0.4, 0.5) is 5.69 Å². The summed E-state index contributed by atoms with van der Waals surface area (Å²) in [5, 5.41) is 2.13. The monoisotopic (exact) mass is 411 g/mol. The van der Waals surface area contributed by atoms with Crippen molar-refractivity contribution in [2.45, 2.75) is 38.8 Å². The molecule has 0 radical (unpaired) electrons. The van der Waals surface area contributed by atoms with Crippen LogP contribution in [0.1, 0.15) is 38.3 Å². The van der Waals surface area contributed by atoms with Gasteiger partial charge in [-0.1, -0.05) is 40.9 Å². The van der Waals surface area contributed by atoms with Crippen molar-refractivity contribution in [3.8, 4) is 0 Å². The molecule has 2 atom stereocenters. The topological polar surface area (TPSA) is 12.5 Å². The number of anilines is 1. The van der Waals surface area contributed by atoms with E-state index in [0.717, 1.165) is 47.3 Å². The molecule has 1 aliphatic heterocycles. The van der Waals surface area contributed by atoms with E-state index in [1.807, 2.05) is 30.3 Å². The third-order valence-corrected chi connectivity index (χ3v) is 5.64. The van der Waals surface area contributed by atoms with E-state index in [-0.39, 0.29) is 12.1 Å². The molecule has 0 aromatic heterocycles. The van der Waals surface area contributed by atoms with Gasteiger partial charge in [-0.15, -0.1) is 0 Å². The molecule has 1 aliphatic rings. The highest BCUT2D eigenvalue weighted by Crippen LogP contribution is 2.40. The number of rotatable bonds is 5. The van der Waals surface area contributed by atoms with Gasteiger partial charge in [0.15, 0.2) is 0 Å². The Morgan fingerprint density at radius 3 is 2.35 bits per heavy atom. The number of hydrogen-bond donors (Lipinski definition) is 0. The molecule has 5 heteroatoms. The molecule has 0 saturated carbocycles. The van der Waals surface area contributed by atoms with E-state index in [4.69, 9.17) is 39.5 Å². The van der Waals surface area contributed by atoms with Gasteiger partial charge >= 0.3 is 0 Å². The third kappa shape index (κ3) is 4.86. The van der Waals surface area contributed by atoms with E-state index < -0.39 is 0 Å². The number of piperidine rings is 1. The third-order valence-electron chi connectivity index (χ3n) is 4.82. The molecule has 2 aromatic rings. The molecule has 2 aromatic carbocycles. The standard InChI is InChI=1S/C21H24Cl3NO/c1-14(2)26-13-15-3-10-21(19-9-6-17(23)11-20(19)24)25(12-15)18-7-4-16(22)5-8-18/h4-9,11,14-15,21H,3,10,12-13H2,1-2H3. The van der Waals surface area contributed by atoms with Crippen LogP contribution in [0.3, 0.4) is 0 Å². The van der Waals surface area contributed by atoms with Gasteiger partial charge < -0.3 is 9.64 Å². The second-order valence-electron chi connectivity index (χ2n) is 7.14. The molecule has 140 valence electrons. The average molecular weight is 413 g/mol. The van der Waals surface area contributed by atoms with Crippen LogP contribution < -0.4 is 4.90 Å². The molecule has 26 heavy (non-hydrogen) atoms. The Morgan fingerprint density at radius 1 is 1.00 bits per heavy atom. The van der Waals surface area contributed by atoms with Gasteiger partial charge in [-0.2, -0.15) is 0 Å². The maximum atomic E-state index is 6.52. The van der Waals surface area contributed by atoms with E-state index in [1.165, 1.54) is 0 Å². The lowest BCUT2D eigenvalue weighted by atomic mass is 9.88. The predicted molar refractivity (Wildman–Crippen MR) is 112 cm³/mol. The molecule has 2 unspecified atom stereocenters. The van der Waals surface area contributed by atoms with Crippen molar-refractivity contribution in [3.05, 3.63) is 63.1 Å². The fourth-order valence-electron chi connectivity index (χ4n) is 3.52. The lowest BCUT2D eigenvalue weighted by molar-refractivity contribution is 0.0451. The Bertz CT molecular complexity index is 733. The molecule has 0 bridgehead atoms. The van der Waals surface area contributed by atoms with Crippen molar-refractivity contribution in [3.63, 3.8) is 0 Å². The van der Waals surface area contributed by atoms with Gasteiger partial charge in [0.2, 0.25) is 0 Å². The van der Waals surface area contributed by atoms with Crippen LogP contribution in [0.15, 0.2) is 42.5 Å². The van der Waals surface area contributed by atoms with Crippen LogP contribution in [0.5, 0.6) is 0 Å². The van der Waals surface area contributed by atoms with E-state index in [1.54, 1.807) is 0 Å². The molecular formula is C21H24Cl3NO. The fourth-order valence-corrected chi connectivity index (χ4v) is 4.18. The first-order valence-corrected chi connectivity index (χ1v) is 10.2. The average Bonchev–Trinajstić information content (AvgIpc) is 2.61. The minimum Gasteiger partial charge on any atom is -0.378 e. The zero-order valence-electron chi connectivity index (χ0n) is 15.1. The van der Waals surface area contributed by atoms with Crippen LogP contribution >= 0.6 is 34.8 Å². The maximum absolute atomic E-state index is 6.52. The number of benzene rings is 2. The van der Waals surface area contributed by atoms with E-state index in [2.05, 4.69) is 30.9 Å². The summed E-state index contributed by atoms with van der Waals surface area (Å²) in [7, 11) is 0. The maximum Gasteiger partial charge on any atom is 0.0557 e. The van der Waals surface area contributed by atoms with Crippen molar-refractivity contribution < 1.29 is 4.74 Å². The van der Waals surface area contributed by atoms with Crippen LogP contribution in [0.25, 0.3) is 0 Å². The Morgan fingerprint density at radius 2 is 1.69 bits per heavy atom. The minimum atomic E-state index is 0.219. The highest BCUT2D eigenvalue weighted by atomic mass is 35.5. The summed E-state index contributed by atoms with van der Waals surface area (Å²) in [4.78, 5) is 2.42. The predicted octanol–water partition coefficient (Wildman–Crippen LogP) is 7.03. The fraction of sp³-hybridized carbons (Fsp3) is 0.429. The van der Waals surface area contributed by atoms with E-state index in [0.29, 0.717) is 10.9 Å². The summed E-state index contributed by atoms with van der Waals surface area (Å²) >= 11 is 18.7. The normalized spacial score (nSPS) is 20.6. The van der Waals surface area contributed by atoms with Crippen molar-refractivity contribution in [1.82, 2.24) is 0 Å². The van der Waals surface area contributed by atoms with Gasteiger partial charge in [0.25, 0.3) is 0 Å². The van der Waals surface area contributed by atoms with Crippen molar-refractivity contribution >= 4 is 40.5 Å². The van der Waals surface area contributed by atoms with Crippen LogP contribution in [0, 0.1) is 5.92 Å². The van der Waals surface area contributed by atoms with Gasteiger partial charge in [0.05, 0.1) is 18.8 Å². The quantitative estimate of drug-likeness (QED) is 0.522. The van der Waals surface area contributed by atoms with Gasteiger partial charge in [-0.25, -0.2) is 0 Å². The van der Waals surface area contributed by atoms with Crippen LogP contribution in [-0.4, -0.2) is 19.3 Å². The van der Waals surface area contributed by atoms with Crippen molar-refractivity contribution in [2.24, 2.45) is 5.92 Å². The molecule has 0 spiro atoms. The molecule has 2 nitrogen and oxygen atoms in total. The molecular weight excluding hydrogens is 389 g/mol. The number of nitrogens with zero attached hydrogens (tertiary/aromatic N) is 1. The molecule has 0 amide bonds. The second-order valence-corrected chi connectivity index (χ2v) is 8.42. The zero-order valence-corrected chi connectivity index (χ0v) is 17.4. The van der Waals surface area contributed by atoms with E-state index in [9.17, 15) is 0 Å². The lowest BCUT2D eigenvalue weighted by Gasteiger charge is -2.42. The van der Waals surface area contributed by atoms with Gasteiger partial charge in [0, 0.05) is 27.3 Å². The Kier molecular flexibility index (Phi) is 6.74. The summed E-state index contributed by atoms with van der Waals surface area (Å²) in [6, 6.07) is 14.0. The Hall–Kier alpha value is -0.930. The SMILES string of the molecule is CC(C)OCC1CCC(c2ccc(Cl)cc2Cl)N(c2ccc(Cl)cc2)C1. The van der Waals surface area contributed by atoms with Crippen LogP contribution in [0.2, 0.25) is 15.1 Å². The molecule has 3 rings (SSSR count). The van der Waals surface area contributed by atoms with Gasteiger partial charge in [-0.05, 0) is 74.6 Å². The van der Waals surface area contributed by atoms with Crippen molar-refractivity contribution in [1.29, 1.82) is 0 Å².